The Bertz CT molecular complexity index is 4530. The van der Waals surface area contributed by atoms with E-state index in [1.54, 1.807) is 0 Å². The molecule has 1 spiro atoms. The van der Waals surface area contributed by atoms with E-state index in [0.717, 1.165) is 57.0 Å². The van der Waals surface area contributed by atoms with Gasteiger partial charge in [-0.3, -0.25) is 0 Å². The van der Waals surface area contributed by atoms with Gasteiger partial charge < -0.3 is 19.4 Å². The minimum Gasteiger partial charge on any atom is -0.453 e. The van der Waals surface area contributed by atoms with E-state index >= 15 is 0 Å². The van der Waals surface area contributed by atoms with Crippen molar-refractivity contribution in [1.29, 1.82) is 0 Å². The molecule has 0 aromatic heterocycles. The number of anilines is 9. The molecule has 4 nitrogen and oxygen atoms in total. The van der Waals surface area contributed by atoms with Crippen LogP contribution < -0.4 is 29.8 Å². The lowest BCUT2D eigenvalue weighted by Gasteiger charge is -2.47. The van der Waals surface area contributed by atoms with Crippen LogP contribution in [0.25, 0.3) is 33.0 Å². The zero-order valence-electron chi connectivity index (χ0n) is 53.6. The first-order valence-corrected chi connectivity index (χ1v) is 38.7. The summed E-state index contributed by atoms with van der Waals surface area (Å²) in [6.07, 6.45) is 0. The van der Waals surface area contributed by atoms with Gasteiger partial charge in [0.15, 0.2) is 11.5 Å². The van der Waals surface area contributed by atoms with E-state index in [-0.39, 0.29) is 10.8 Å². The van der Waals surface area contributed by atoms with Gasteiger partial charge in [0.1, 0.15) is 0 Å². The summed E-state index contributed by atoms with van der Waals surface area (Å²) < 4.78 is 7.17. The highest BCUT2D eigenvalue weighted by molar-refractivity contribution is 6.89. The average Bonchev–Trinajstić information content (AvgIpc) is 1.44. The third kappa shape index (κ3) is 8.27. The lowest BCUT2D eigenvalue weighted by molar-refractivity contribution is 0.473. The molecule has 0 fully saturated rings. The molecule has 0 bridgehead atoms. The first-order valence-electron chi connectivity index (χ1n) is 31.7. The minimum absolute atomic E-state index is 0.0164. The second-order valence-corrected chi connectivity index (χ2v) is 39.9. The molecule has 11 aromatic carbocycles. The van der Waals surface area contributed by atoms with Crippen LogP contribution in [0.5, 0.6) is 11.5 Å². The van der Waals surface area contributed by atoms with Crippen molar-refractivity contribution < 1.29 is 4.74 Å². The number of ether oxygens (including phenoxy) is 1. The van der Waals surface area contributed by atoms with Crippen LogP contribution in [0.15, 0.2) is 224 Å². The average molecular weight is 1180 g/mol. The lowest BCUT2D eigenvalue weighted by atomic mass is 9.63. The molecule has 436 valence electrons. The Hall–Kier alpha value is -8.69. The molecule has 6 heteroatoms. The number of rotatable bonds is 8. The predicted octanol–water partition coefficient (Wildman–Crippen LogP) is 22.0. The number of nitrogens with zero attached hydrogens (tertiary/aromatic N) is 3. The van der Waals surface area contributed by atoms with Gasteiger partial charge in [0.2, 0.25) is 0 Å². The van der Waals surface area contributed by atoms with Crippen molar-refractivity contribution in [2.24, 2.45) is 0 Å². The van der Waals surface area contributed by atoms with Crippen molar-refractivity contribution in [2.45, 2.75) is 116 Å². The van der Waals surface area contributed by atoms with Crippen molar-refractivity contribution in [3.05, 3.63) is 269 Å². The van der Waals surface area contributed by atoms with Crippen LogP contribution in [-0.2, 0) is 21.7 Å². The molecular formula is C82H79N3OSi2. The van der Waals surface area contributed by atoms with Crippen LogP contribution in [0.1, 0.15) is 99.9 Å². The molecule has 2 aliphatic carbocycles. The normalized spacial score (nSPS) is 15.8. The zero-order valence-corrected chi connectivity index (χ0v) is 55.6. The van der Waals surface area contributed by atoms with Gasteiger partial charge in [-0.25, -0.2) is 0 Å². The van der Waals surface area contributed by atoms with Crippen LogP contribution in [-0.4, -0.2) is 16.1 Å². The van der Waals surface area contributed by atoms with Crippen molar-refractivity contribution in [3.63, 3.8) is 0 Å². The van der Waals surface area contributed by atoms with Gasteiger partial charge >= 0.3 is 0 Å². The molecule has 1 atom stereocenters. The largest absolute Gasteiger partial charge is 0.453 e. The summed E-state index contributed by atoms with van der Waals surface area (Å²) in [5.74, 6) is 1.70. The predicted molar refractivity (Wildman–Crippen MR) is 380 cm³/mol. The summed E-state index contributed by atoms with van der Waals surface area (Å²) in [4.78, 5) is 7.67. The summed E-state index contributed by atoms with van der Waals surface area (Å²) in [6, 6.07) is 86.7. The van der Waals surface area contributed by atoms with Crippen LogP contribution >= 0.6 is 0 Å². The van der Waals surface area contributed by atoms with Gasteiger partial charge in [-0.15, -0.1) is 0 Å². The number of hydrogen-bond acceptors (Lipinski definition) is 4. The van der Waals surface area contributed by atoms with E-state index in [1.807, 2.05) is 0 Å². The summed E-state index contributed by atoms with van der Waals surface area (Å²) >= 11 is 0. The molecule has 88 heavy (non-hydrogen) atoms. The molecule has 0 radical (unpaired) electrons. The first-order chi connectivity index (χ1) is 42.0. The van der Waals surface area contributed by atoms with Gasteiger partial charge in [-0.1, -0.05) is 245 Å². The second kappa shape index (κ2) is 19.4. The fraction of sp³-hybridized carbons (Fsp3) is 0.220. The SMILES string of the molecule is CC(C)(C)c1ccc(N(c2ccc([Si](C)(C)C)cc2)c2cc3c(c4c2-c2ccccc2C4(C)C)-c2c(cc(N(c4ccc(C(C)(C)C)cc4)c4ccc([Si](C)(C)C)cc4)c4ccccc24)C32c3ccccc3N3c4ccccc4Oc4cccc2c43)cc1. The summed E-state index contributed by atoms with van der Waals surface area (Å²) in [5, 5.41) is 5.31. The maximum atomic E-state index is 7.17. The number of fused-ring (bicyclic) bond motifs is 17. The highest BCUT2D eigenvalue weighted by Gasteiger charge is 2.57. The van der Waals surface area contributed by atoms with Crippen molar-refractivity contribution in [2.75, 3.05) is 14.7 Å². The van der Waals surface area contributed by atoms with Crippen LogP contribution in [0.4, 0.5) is 51.2 Å². The molecule has 4 aliphatic rings. The van der Waals surface area contributed by atoms with E-state index in [2.05, 4.69) is 334 Å². The number of hydrogen-bond donors (Lipinski definition) is 0. The monoisotopic (exact) mass is 1180 g/mol. The molecule has 1 unspecified atom stereocenters. The smallest absolute Gasteiger partial charge is 0.151 e. The highest BCUT2D eigenvalue weighted by atomic mass is 28.3. The van der Waals surface area contributed by atoms with Gasteiger partial charge in [-0.2, -0.15) is 0 Å². The van der Waals surface area contributed by atoms with Gasteiger partial charge in [-0.05, 0) is 162 Å². The Balaban J connectivity index is 1.13. The number of benzene rings is 11. The quantitative estimate of drug-likeness (QED) is 0.141. The van der Waals surface area contributed by atoms with E-state index in [4.69, 9.17) is 4.74 Å². The molecule has 0 saturated carbocycles. The van der Waals surface area contributed by atoms with Gasteiger partial charge in [0.05, 0.1) is 50.0 Å². The maximum Gasteiger partial charge on any atom is 0.151 e. The maximum absolute atomic E-state index is 7.17. The van der Waals surface area contributed by atoms with Crippen LogP contribution in [0.3, 0.4) is 0 Å². The standard InChI is InChI=1S/C82H79N3OSi2/c1-79(2,3)52-34-38-54(39-35-52)83(56-42-46-58(47-43-56)87(9,10)11)70-50-66-74(61-25-16-15-24-60(61)70)76-67(82(66)64-28-19-20-30-68(64)85-69-31-21-22-32-72(69)86-73-33-23-29-65(82)78(73)85)51-71(75-62-26-17-18-27-63(62)81(7,8)77(75)76)84(55-40-36-53(37-41-55)80(4,5)6)57-44-48-59(49-45-57)88(12,13)14/h15-51H,1-14H3. The molecule has 2 aliphatic heterocycles. The van der Waals surface area contributed by atoms with E-state index in [9.17, 15) is 0 Å². The van der Waals surface area contributed by atoms with Gasteiger partial charge in [0, 0.05) is 39.1 Å². The second-order valence-electron chi connectivity index (χ2n) is 29.8. The van der Waals surface area contributed by atoms with Crippen LogP contribution in [0.2, 0.25) is 39.3 Å². The number of para-hydroxylation sites is 4. The van der Waals surface area contributed by atoms with Crippen molar-refractivity contribution in [1.82, 2.24) is 0 Å². The Kier molecular flexibility index (Phi) is 12.3. The third-order valence-corrected chi connectivity index (χ3v) is 24.0. The first kappa shape index (κ1) is 55.9. The molecule has 2 heterocycles. The summed E-state index contributed by atoms with van der Waals surface area (Å²) in [7, 11) is -3.32. The fourth-order valence-corrected chi connectivity index (χ4v) is 17.6. The van der Waals surface area contributed by atoms with E-state index in [0.29, 0.717) is 0 Å². The molecule has 15 rings (SSSR count). The zero-order chi connectivity index (χ0) is 61.2. The fourth-order valence-electron chi connectivity index (χ4n) is 15.3. The Labute approximate surface area is 523 Å². The van der Waals surface area contributed by atoms with Crippen molar-refractivity contribution >= 4 is 88.5 Å². The molecule has 0 amide bonds. The molecule has 0 N–H and O–H groups in total. The van der Waals surface area contributed by atoms with E-state index in [1.165, 1.54) is 93.6 Å². The molecule has 0 saturated heterocycles. The summed E-state index contributed by atoms with van der Waals surface area (Å²) in [5.41, 5.74) is 24.1. The van der Waals surface area contributed by atoms with E-state index < -0.39 is 27.0 Å². The van der Waals surface area contributed by atoms with Crippen molar-refractivity contribution in [3.8, 4) is 33.8 Å². The van der Waals surface area contributed by atoms with Gasteiger partial charge in [0.25, 0.3) is 0 Å². The topological polar surface area (TPSA) is 19.0 Å². The van der Waals surface area contributed by atoms with Crippen LogP contribution in [0, 0.1) is 0 Å². The highest BCUT2D eigenvalue weighted by Crippen LogP contribution is 2.72. The summed E-state index contributed by atoms with van der Waals surface area (Å²) in [6.45, 7) is 33.5. The molecule has 11 aromatic rings. The lowest BCUT2D eigenvalue weighted by Crippen LogP contribution is -2.37. The Morgan fingerprint density at radius 2 is 0.830 bits per heavy atom. The Morgan fingerprint density at radius 1 is 0.386 bits per heavy atom. The Morgan fingerprint density at radius 3 is 1.40 bits per heavy atom. The third-order valence-electron chi connectivity index (χ3n) is 19.8. The minimum atomic E-state index is -1.67. The molecular weight excluding hydrogens is 1100 g/mol.